The van der Waals surface area contributed by atoms with Crippen LogP contribution in [0.4, 0.5) is 0 Å². The van der Waals surface area contributed by atoms with E-state index in [4.69, 9.17) is 0 Å². The van der Waals surface area contributed by atoms with Gasteiger partial charge in [0.2, 0.25) is 0 Å². The Kier molecular flexibility index (Phi) is 8.21. The first-order valence-electron chi connectivity index (χ1n) is 10.2. The summed E-state index contributed by atoms with van der Waals surface area (Å²) in [6.07, 6.45) is 0. The lowest BCUT2D eigenvalue weighted by atomic mass is 10.0. The maximum atomic E-state index is 12.6. The van der Waals surface area contributed by atoms with E-state index in [0.29, 0.717) is 18.2 Å². The summed E-state index contributed by atoms with van der Waals surface area (Å²) < 4.78 is 0. The van der Waals surface area contributed by atoms with Crippen LogP contribution in [0.1, 0.15) is 53.9 Å². The van der Waals surface area contributed by atoms with Gasteiger partial charge in [0.1, 0.15) is 0 Å². The van der Waals surface area contributed by atoms with Crippen molar-refractivity contribution in [3.05, 3.63) is 70.8 Å². The van der Waals surface area contributed by atoms with Gasteiger partial charge in [0.25, 0.3) is 5.91 Å². The number of rotatable bonds is 9. The van der Waals surface area contributed by atoms with Crippen LogP contribution in [0.2, 0.25) is 0 Å². The van der Waals surface area contributed by atoms with Gasteiger partial charge in [-0.05, 0) is 64.7 Å². The zero-order chi connectivity index (χ0) is 20.7. The van der Waals surface area contributed by atoms with E-state index in [1.807, 2.05) is 26.2 Å². The van der Waals surface area contributed by atoms with Gasteiger partial charge in [0.05, 0.1) is 6.04 Å². The molecule has 0 saturated carbocycles. The molecule has 4 nitrogen and oxygen atoms in total. The van der Waals surface area contributed by atoms with Crippen molar-refractivity contribution in [1.29, 1.82) is 0 Å². The average molecular weight is 382 g/mol. The molecule has 2 rings (SSSR count). The highest BCUT2D eigenvalue weighted by Crippen LogP contribution is 2.18. The Hall–Kier alpha value is -2.17. The number of amides is 1. The second kappa shape index (κ2) is 10.4. The summed E-state index contributed by atoms with van der Waals surface area (Å²) in [5, 5.41) is 3.09. The van der Waals surface area contributed by atoms with Gasteiger partial charge in [0.15, 0.2) is 0 Å². The molecule has 2 aromatic rings. The van der Waals surface area contributed by atoms with Crippen molar-refractivity contribution in [2.75, 3.05) is 27.2 Å². The van der Waals surface area contributed by atoms with E-state index in [0.717, 1.165) is 13.1 Å². The van der Waals surface area contributed by atoms with Crippen LogP contribution in [0.5, 0.6) is 0 Å². The van der Waals surface area contributed by atoms with E-state index in [1.165, 1.54) is 16.7 Å². The smallest absolute Gasteiger partial charge is 0.251 e. The highest BCUT2D eigenvalue weighted by atomic mass is 16.1. The molecule has 1 atom stereocenters. The van der Waals surface area contributed by atoms with Crippen molar-refractivity contribution in [3.63, 3.8) is 0 Å². The van der Waals surface area contributed by atoms with Gasteiger partial charge in [-0.1, -0.05) is 48.9 Å². The molecule has 0 aliphatic heterocycles. The van der Waals surface area contributed by atoms with Crippen LogP contribution in [0.3, 0.4) is 0 Å². The topological polar surface area (TPSA) is 35.6 Å². The predicted molar refractivity (Wildman–Crippen MR) is 118 cm³/mol. The monoisotopic (exact) mass is 381 g/mol. The minimum atomic E-state index is -0.0262. The molecule has 0 aromatic heterocycles. The number of hydrogen-bond acceptors (Lipinski definition) is 3. The molecule has 4 heteroatoms. The summed E-state index contributed by atoms with van der Waals surface area (Å²) in [6.45, 7) is 11.2. The predicted octanol–water partition coefficient (Wildman–Crippen LogP) is 4.26. The summed E-state index contributed by atoms with van der Waals surface area (Å²) in [4.78, 5) is 17.2. The van der Waals surface area contributed by atoms with E-state index in [9.17, 15) is 4.79 Å². The normalized spacial score (nSPS) is 12.6. The number of nitrogens with zero attached hydrogens (tertiary/aromatic N) is 2. The molecular formula is C24H35N3O. The van der Waals surface area contributed by atoms with Crippen molar-refractivity contribution in [3.8, 4) is 0 Å². The molecule has 1 amide bonds. The Morgan fingerprint density at radius 1 is 1.00 bits per heavy atom. The lowest BCUT2D eigenvalue weighted by Gasteiger charge is -2.25. The fraction of sp³-hybridized carbons (Fsp3) is 0.458. The molecule has 152 valence electrons. The van der Waals surface area contributed by atoms with Crippen molar-refractivity contribution >= 4 is 5.91 Å². The zero-order valence-corrected chi connectivity index (χ0v) is 18.2. The van der Waals surface area contributed by atoms with Gasteiger partial charge >= 0.3 is 0 Å². The molecule has 1 N–H and O–H groups in total. The number of carbonyl (C=O) groups excluding carboxylic acids is 1. The third kappa shape index (κ3) is 6.18. The Bertz CT molecular complexity index is 735. The molecule has 0 saturated heterocycles. The maximum Gasteiger partial charge on any atom is 0.251 e. The Morgan fingerprint density at radius 2 is 1.61 bits per heavy atom. The minimum absolute atomic E-state index is 0.0262. The summed E-state index contributed by atoms with van der Waals surface area (Å²) >= 11 is 0. The van der Waals surface area contributed by atoms with E-state index in [1.54, 1.807) is 0 Å². The standard InChI is InChI=1S/C24H35N3O/c1-7-27(18(2)3)17-20-10-14-22(15-11-20)24(28)25-16-23(26(5)6)21-12-8-19(4)9-13-21/h8-15,18,23H,7,16-17H2,1-6H3,(H,25,28). The summed E-state index contributed by atoms with van der Waals surface area (Å²) in [5.74, 6) is -0.0262. The van der Waals surface area contributed by atoms with Crippen LogP contribution >= 0.6 is 0 Å². The van der Waals surface area contributed by atoms with Crippen LogP contribution in [0, 0.1) is 6.92 Å². The summed E-state index contributed by atoms with van der Waals surface area (Å²) in [7, 11) is 4.08. The molecule has 0 radical (unpaired) electrons. The Labute approximate surface area is 170 Å². The van der Waals surface area contributed by atoms with Gasteiger partial charge in [0, 0.05) is 24.7 Å². The SMILES string of the molecule is CCN(Cc1ccc(C(=O)NCC(c2ccc(C)cc2)N(C)C)cc1)C(C)C. The Balaban J connectivity index is 1.98. The number of likely N-dealkylation sites (N-methyl/N-ethyl adjacent to an activating group) is 1. The second-order valence-corrected chi connectivity index (χ2v) is 7.95. The number of nitrogens with one attached hydrogen (secondary N) is 1. The van der Waals surface area contributed by atoms with Crippen LogP contribution in [0.15, 0.2) is 48.5 Å². The van der Waals surface area contributed by atoms with E-state index >= 15 is 0 Å². The van der Waals surface area contributed by atoms with Crippen LogP contribution < -0.4 is 5.32 Å². The van der Waals surface area contributed by atoms with E-state index in [2.05, 4.69) is 79.2 Å². The lowest BCUT2D eigenvalue weighted by Crippen LogP contribution is -2.34. The van der Waals surface area contributed by atoms with Crippen molar-refractivity contribution < 1.29 is 4.79 Å². The molecule has 0 heterocycles. The second-order valence-electron chi connectivity index (χ2n) is 7.95. The van der Waals surface area contributed by atoms with Crippen molar-refractivity contribution in [1.82, 2.24) is 15.1 Å². The van der Waals surface area contributed by atoms with E-state index < -0.39 is 0 Å². The molecule has 0 bridgehead atoms. The number of carbonyl (C=O) groups is 1. The largest absolute Gasteiger partial charge is 0.350 e. The minimum Gasteiger partial charge on any atom is -0.350 e. The average Bonchev–Trinajstić information content (AvgIpc) is 2.67. The maximum absolute atomic E-state index is 12.6. The first kappa shape index (κ1) is 22.1. The van der Waals surface area contributed by atoms with Crippen molar-refractivity contribution in [2.24, 2.45) is 0 Å². The summed E-state index contributed by atoms with van der Waals surface area (Å²) in [5.41, 5.74) is 4.39. The van der Waals surface area contributed by atoms with Crippen LogP contribution in [-0.4, -0.2) is 48.9 Å². The van der Waals surface area contributed by atoms with Gasteiger partial charge in [-0.3, -0.25) is 9.69 Å². The fourth-order valence-electron chi connectivity index (χ4n) is 3.33. The fourth-order valence-corrected chi connectivity index (χ4v) is 3.33. The number of aryl methyl sites for hydroxylation is 1. The summed E-state index contributed by atoms with van der Waals surface area (Å²) in [6, 6.07) is 17.1. The van der Waals surface area contributed by atoms with Gasteiger partial charge in [-0.2, -0.15) is 0 Å². The highest BCUT2D eigenvalue weighted by molar-refractivity contribution is 5.94. The first-order chi connectivity index (χ1) is 13.3. The molecule has 0 fully saturated rings. The highest BCUT2D eigenvalue weighted by Gasteiger charge is 2.16. The van der Waals surface area contributed by atoms with Crippen molar-refractivity contribution in [2.45, 2.75) is 46.3 Å². The Morgan fingerprint density at radius 3 is 2.11 bits per heavy atom. The lowest BCUT2D eigenvalue weighted by molar-refractivity contribution is 0.0942. The molecule has 0 aliphatic carbocycles. The molecule has 1 unspecified atom stereocenters. The van der Waals surface area contributed by atoms with Crippen LogP contribution in [-0.2, 0) is 6.54 Å². The van der Waals surface area contributed by atoms with Gasteiger partial charge < -0.3 is 10.2 Å². The third-order valence-corrected chi connectivity index (χ3v) is 5.28. The zero-order valence-electron chi connectivity index (χ0n) is 18.2. The van der Waals surface area contributed by atoms with Crippen LogP contribution in [0.25, 0.3) is 0 Å². The molecule has 0 spiro atoms. The molecule has 28 heavy (non-hydrogen) atoms. The molecule has 0 aliphatic rings. The van der Waals surface area contributed by atoms with E-state index in [-0.39, 0.29) is 11.9 Å². The number of benzene rings is 2. The number of hydrogen-bond donors (Lipinski definition) is 1. The van der Waals surface area contributed by atoms with Gasteiger partial charge in [-0.25, -0.2) is 0 Å². The third-order valence-electron chi connectivity index (χ3n) is 5.28. The molecule has 2 aromatic carbocycles. The molecular weight excluding hydrogens is 346 g/mol. The first-order valence-corrected chi connectivity index (χ1v) is 10.2. The quantitative estimate of drug-likeness (QED) is 0.705. The van der Waals surface area contributed by atoms with Gasteiger partial charge in [-0.15, -0.1) is 0 Å².